The Hall–Kier alpha value is -1.79. The van der Waals surface area contributed by atoms with Crippen molar-refractivity contribution in [3.8, 4) is 0 Å². The summed E-state index contributed by atoms with van der Waals surface area (Å²) >= 11 is 0. The van der Waals surface area contributed by atoms with Gasteiger partial charge in [0.1, 0.15) is 0 Å². The summed E-state index contributed by atoms with van der Waals surface area (Å²) in [6.07, 6.45) is 0. The zero-order valence-corrected chi connectivity index (χ0v) is 6.64. The summed E-state index contributed by atoms with van der Waals surface area (Å²) in [7, 11) is 2.99. The monoisotopic (exact) mass is 172 g/mol. The molecule has 1 aromatic heterocycles. The fourth-order valence-corrected chi connectivity index (χ4v) is 0.658. The number of nitrogens with two attached hydrogens (primary N) is 1. The van der Waals surface area contributed by atoms with E-state index >= 15 is 0 Å². The molecule has 1 heterocycles. The second-order valence-corrected chi connectivity index (χ2v) is 2.36. The summed E-state index contributed by atoms with van der Waals surface area (Å²) in [6.45, 7) is 0. The van der Waals surface area contributed by atoms with Crippen molar-refractivity contribution in [2.24, 2.45) is 0 Å². The average molecular weight is 172 g/mol. The highest BCUT2D eigenvalue weighted by Gasteiger charge is 2.25. The van der Waals surface area contributed by atoms with Crippen LogP contribution in [0.4, 0.5) is 5.82 Å². The first kappa shape index (κ1) is 8.31. The molecule has 0 aliphatic heterocycles. The molecule has 1 rings (SSSR count). The van der Waals surface area contributed by atoms with Gasteiger partial charge in [0, 0.05) is 14.1 Å². The lowest BCUT2D eigenvalue weighted by Gasteiger charge is -2.05. The molecule has 1 aromatic rings. The molecule has 7 heteroatoms. The maximum Gasteiger partial charge on any atom is 0.318 e. The fourth-order valence-electron chi connectivity index (χ4n) is 0.658. The third-order valence-corrected chi connectivity index (χ3v) is 1.25. The summed E-state index contributed by atoms with van der Waals surface area (Å²) < 4.78 is 4.11. The van der Waals surface area contributed by atoms with Crippen molar-refractivity contribution in [3.63, 3.8) is 0 Å². The summed E-state index contributed by atoms with van der Waals surface area (Å²) in [4.78, 5) is 12.4. The van der Waals surface area contributed by atoms with Gasteiger partial charge >= 0.3 is 17.4 Å². The molecule has 0 saturated heterocycles. The van der Waals surface area contributed by atoms with E-state index in [-0.39, 0.29) is 16.4 Å². The van der Waals surface area contributed by atoms with Gasteiger partial charge in [0.2, 0.25) is 0 Å². The number of carbonyl (C=O) groups is 1. The number of nitrogen functional groups attached to an aromatic ring is 1. The van der Waals surface area contributed by atoms with Gasteiger partial charge in [-0.15, -0.1) is 0 Å². The van der Waals surface area contributed by atoms with Gasteiger partial charge in [-0.2, -0.15) is 0 Å². The van der Waals surface area contributed by atoms with Crippen LogP contribution >= 0.6 is 0 Å². The first-order valence-corrected chi connectivity index (χ1v) is 3.11. The fraction of sp³-hybridized carbons (Fsp3) is 0.400. The standard InChI is InChI=1S/C5H8N4O3/c1-8(2)5(10)3-4(6)7-12-9(3)11/h1-2H3,(H2,6,7). The van der Waals surface area contributed by atoms with Crippen LogP contribution in [-0.4, -0.2) is 30.1 Å². The van der Waals surface area contributed by atoms with Gasteiger partial charge in [-0.3, -0.25) is 9.42 Å². The van der Waals surface area contributed by atoms with Crippen LogP contribution in [0.2, 0.25) is 0 Å². The van der Waals surface area contributed by atoms with Crippen LogP contribution in [0.1, 0.15) is 10.5 Å². The van der Waals surface area contributed by atoms with E-state index in [9.17, 15) is 10.0 Å². The summed E-state index contributed by atoms with van der Waals surface area (Å²) in [5.74, 6) is -0.743. The molecule has 0 aliphatic rings. The van der Waals surface area contributed by atoms with Gasteiger partial charge in [-0.25, -0.2) is 0 Å². The highest BCUT2D eigenvalue weighted by Crippen LogP contribution is 2.03. The van der Waals surface area contributed by atoms with Gasteiger partial charge in [0.25, 0.3) is 0 Å². The molecule has 12 heavy (non-hydrogen) atoms. The summed E-state index contributed by atoms with van der Waals surface area (Å²) in [5.41, 5.74) is 4.92. The Labute approximate surface area is 67.9 Å². The molecule has 0 spiro atoms. The molecule has 2 N–H and O–H groups in total. The van der Waals surface area contributed by atoms with Crippen molar-refractivity contribution >= 4 is 11.7 Å². The van der Waals surface area contributed by atoms with Crippen molar-refractivity contribution in [2.75, 3.05) is 19.8 Å². The number of anilines is 1. The predicted molar refractivity (Wildman–Crippen MR) is 37.9 cm³/mol. The average Bonchev–Trinajstić information content (AvgIpc) is 2.30. The Bertz CT molecular complexity index is 286. The van der Waals surface area contributed by atoms with E-state index in [4.69, 9.17) is 5.73 Å². The quantitative estimate of drug-likeness (QED) is 0.524. The molecule has 0 aliphatic carbocycles. The normalized spacial score (nSPS) is 9.83. The Morgan fingerprint density at radius 1 is 1.75 bits per heavy atom. The van der Waals surface area contributed by atoms with Gasteiger partial charge in [-0.1, -0.05) is 0 Å². The number of nitrogens with zero attached hydrogens (tertiary/aromatic N) is 3. The molecule has 66 valence electrons. The highest BCUT2D eigenvalue weighted by molar-refractivity contribution is 5.94. The lowest BCUT2D eigenvalue weighted by atomic mass is 10.4. The molecule has 0 atom stereocenters. The third-order valence-electron chi connectivity index (χ3n) is 1.25. The van der Waals surface area contributed by atoms with Crippen molar-refractivity contribution in [1.82, 2.24) is 10.1 Å². The second-order valence-electron chi connectivity index (χ2n) is 2.36. The van der Waals surface area contributed by atoms with E-state index in [1.54, 1.807) is 0 Å². The van der Waals surface area contributed by atoms with Gasteiger partial charge in [0.15, 0.2) is 0 Å². The van der Waals surface area contributed by atoms with Crippen LogP contribution in [-0.2, 0) is 0 Å². The minimum absolute atomic E-state index is 0.0162. The number of hydrogen-bond donors (Lipinski definition) is 1. The largest absolute Gasteiger partial charge is 0.359 e. The van der Waals surface area contributed by atoms with Crippen molar-refractivity contribution in [1.29, 1.82) is 0 Å². The molecule has 0 aromatic carbocycles. The molecule has 0 unspecified atom stereocenters. The van der Waals surface area contributed by atoms with Gasteiger partial charge < -0.3 is 15.8 Å². The Balaban J connectivity index is 3.09. The Kier molecular flexibility index (Phi) is 1.86. The number of hydrogen-bond acceptors (Lipinski definition) is 5. The molecule has 0 radical (unpaired) electrons. The summed E-state index contributed by atoms with van der Waals surface area (Å²) in [5, 5.41) is 13.9. The van der Waals surface area contributed by atoms with Crippen LogP contribution in [0.5, 0.6) is 0 Å². The van der Waals surface area contributed by atoms with Crippen LogP contribution in [0.25, 0.3) is 0 Å². The molecular weight excluding hydrogens is 164 g/mol. The molecule has 0 bridgehead atoms. The molecule has 0 fully saturated rings. The first-order valence-electron chi connectivity index (χ1n) is 3.11. The van der Waals surface area contributed by atoms with E-state index in [1.807, 2.05) is 0 Å². The third kappa shape index (κ3) is 1.16. The minimum atomic E-state index is -0.538. The van der Waals surface area contributed by atoms with Gasteiger partial charge in [0.05, 0.1) is 5.16 Å². The van der Waals surface area contributed by atoms with E-state index in [0.717, 1.165) is 0 Å². The highest BCUT2D eigenvalue weighted by atomic mass is 16.8. The molecular formula is C5H8N4O3. The topological polar surface area (TPSA) is 99.3 Å². The molecule has 0 saturated carbocycles. The maximum absolute atomic E-state index is 11.2. The number of rotatable bonds is 1. The van der Waals surface area contributed by atoms with Gasteiger partial charge in [-0.05, 0) is 4.90 Å². The summed E-state index contributed by atoms with van der Waals surface area (Å²) in [6, 6.07) is 0. The predicted octanol–water partition coefficient (Wildman–Crippen LogP) is -1.41. The minimum Gasteiger partial charge on any atom is -0.359 e. The second kappa shape index (κ2) is 2.68. The van der Waals surface area contributed by atoms with E-state index < -0.39 is 5.91 Å². The molecule has 7 nitrogen and oxygen atoms in total. The van der Waals surface area contributed by atoms with Crippen molar-refractivity contribution < 1.29 is 14.3 Å². The van der Waals surface area contributed by atoms with Crippen LogP contribution in [0, 0.1) is 5.21 Å². The van der Waals surface area contributed by atoms with Crippen LogP contribution in [0.15, 0.2) is 4.63 Å². The smallest absolute Gasteiger partial charge is 0.318 e. The van der Waals surface area contributed by atoms with Crippen LogP contribution in [0.3, 0.4) is 0 Å². The Morgan fingerprint density at radius 2 is 2.33 bits per heavy atom. The maximum atomic E-state index is 11.2. The Morgan fingerprint density at radius 3 is 2.67 bits per heavy atom. The lowest BCUT2D eigenvalue weighted by Crippen LogP contribution is -2.37. The lowest BCUT2D eigenvalue weighted by molar-refractivity contribution is -0.803. The number of amides is 1. The molecule has 1 amide bonds. The SMILES string of the molecule is CN(C)C(=O)c1c(N)no[n+]1[O-]. The van der Waals surface area contributed by atoms with Crippen molar-refractivity contribution in [3.05, 3.63) is 10.9 Å². The number of aromatic nitrogens is 2. The first-order chi connectivity index (χ1) is 5.54. The zero-order chi connectivity index (χ0) is 9.30. The van der Waals surface area contributed by atoms with E-state index in [0.29, 0.717) is 0 Å². The van der Waals surface area contributed by atoms with Crippen LogP contribution < -0.4 is 10.6 Å². The van der Waals surface area contributed by atoms with Crippen molar-refractivity contribution in [2.45, 2.75) is 0 Å². The van der Waals surface area contributed by atoms with E-state index in [2.05, 4.69) is 9.79 Å². The number of carbonyl (C=O) groups excluding carboxylic acids is 1. The van der Waals surface area contributed by atoms with E-state index in [1.165, 1.54) is 19.0 Å². The zero-order valence-electron chi connectivity index (χ0n) is 6.64.